The van der Waals surface area contributed by atoms with Crippen LogP contribution in [0.25, 0.3) is 0 Å². The number of aromatic nitrogens is 2. The predicted molar refractivity (Wildman–Crippen MR) is 50.1 cm³/mol. The Kier molecular flexibility index (Phi) is 2.41. The first-order chi connectivity index (χ1) is 6.74. The average molecular weight is 214 g/mol. The second-order valence-electron chi connectivity index (χ2n) is 2.71. The summed E-state index contributed by atoms with van der Waals surface area (Å²) in [5.74, 6) is 1.30. The van der Waals surface area contributed by atoms with Crippen molar-refractivity contribution >= 4 is 17.6 Å². The SMILES string of the molecule is Cc1noc(NCc2ccc(Cl)o2)n1. The van der Waals surface area contributed by atoms with Gasteiger partial charge in [0.1, 0.15) is 5.76 Å². The van der Waals surface area contributed by atoms with Gasteiger partial charge in [0.25, 0.3) is 0 Å². The summed E-state index contributed by atoms with van der Waals surface area (Å²) in [4.78, 5) is 3.97. The predicted octanol–water partition coefficient (Wildman–Crippen LogP) is 2.24. The van der Waals surface area contributed by atoms with Crippen molar-refractivity contribution in [1.29, 1.82) is 0 Å². The Morgan fingerprint density at radius 1 is 1.50 bits per heavy atom. The molecule has 0 aliphatic carbocycles. The van der Waals surface area contributed by atoms with Gasteiger partial charge >= 0.3 is 6.01 Å². The Bertz CT molecular complexity index is 383. The molecule has 5 nitrogen and oxygen atoms in total. The number of rotatable bonds is 3. The molecule has 0 radical (unpaired) electrons. The van der Waals surface area contributed by atoms with Crippen molar-refractivity contribution in [2.24, 2.45) is 0 Å². The van der Waals surface area contributed by atoms with Crippen molar-refractivity contribution in [3.63, 3.8) is 0 Å². The minimum absolute atomic E-state index is 0.364. The molecule has 0 aliphatic rings. The van der Waals surface area contributed by atoms with Crippen molar-refractivity contribution in [2.45, 2.75) is 13.5 Å². The zero-order valence-electron chi connectivity index (χ0n) is 7.45. The number of hydrogen-bond donors (Lipinski definition) is 1. The van der Waals surface area contributed by atoms with E-state index in [0.29, 0.717) is 29.4 Å². The van der Waals surface area contributed by atoms with E-state index in [2.05, 4.69) is 15.5 Å². The van der Waals surface area contributed by atoms with E-state index in [1.54, 1.807) is 19.1 Å². The summed E-state index contributed by atoms with van der Waals surface area (Å²) in [6.45, 7) is 2.22. The van der Waals surface area contributed by atoms with E-state index in [-0.39, 0.29) is 0 Å². The molecule has 14 heavy (non-hydrogen) atoms. The fourth-order valence-electron chi connectivity index (χ4n) is 0.978. The number of nitrogens with one attached hydrogen (secondary N) is 1. The minimum Gasteiger partial charge on any atom is -0.448 e. The fraction of sp³-hybridized carbons (Fsp3) is 0.250. The molecule has 0 saturated carbocycles. The standard InChI is InChI=1S/C8H8ClN3O2/c1-5-11-8(14-12-5)10-4-6-2-3-7(9)13-6/h2-3H,4H2,1H3,(H,10,11,12). The van der Waals surface area contributed by atoms with Gasteiger partial charge in [-0.25, -0.2) is 0 Å². The van der Waals surface area contributed by atoms with Crippen LogP contribution < -0.4 is 5.32 Å². The monoisotopic (exact) mass is 213 g/mol. The lowest BCUT2D eigenvalue weighted by molar-refractivity contribution is 0.422. The van der Waals surface area contributed by atoms with Crippen molar-refractivity contribution in [1.82, 2.24) is 10.1 Å². The first-order valence-electron chi connectivity index (χ1n) is 4.02. The van der Waals surface area contributed by atoms with Crippen molar-refractivity contribution in [3.8, 4) is 0 Å². The van der Waals surface area contributed by atoms with E-state index in [1.165, 1.54) is 0 Å². The third kappa shape index (κ3) is 2.05. The second kappa shape index (κ2) is 3.71. The Morgan fingerprint density at radius 2 is 2.36 bits per heavy atom. The maximum Gasteiger partial charge on any atom is 0.321 e. The number of hydrogen-bond acceptors (Lipinski definition) is 5. The molecule has 0 aliphatic heterocycles. The number of furan rings is 1. The summed E-state index contributed by atoms with van der Waals surface area (Å²) >= 11 is 5.60. The van der Waals surface area contributed by atoms with E-state index >= 15 is 0 Å². The lowest BCUT2D eigenvalue weighted by Crippen LogP contribution is -1.97. The van der Waals surface area contributed by atoms with Crippen molar-refractivity contribution in [2.75, 3.05) is 5.32 Å². The van der Waals surface area contributed by atoms with E-state index in [1.807, 2.05) is 0 Å². The van der Waals surface area contributed by atoms with Crippen LogP contribution in [0.4, 0.5) is 6.01 Å². The van der Waals surface area contributed by atoms with Crippen LogP contribution in [0.5, 0.6) is 0 Å². The van der Waals surface area contributed by atoms with Gasteiger partial charge in [-0.05, 0) is 30.7 Å². The summed E-state index contributed by atoms with van der Waals surface area (Å²) < 4.78 is 9.97. The number of nitrogens with zero attached hydrogens (tertiary/aromatic N) is 2. The van der Waals surface area contributed by atoms with Crippen molar-refractivity contribution < 1.29 is 8.94 Å². The molecule has 2 aromatic heterocycles. The first kappa shape index (κ1) is 9.08. The molecule has 2 heterocycles. The van der Waals surface area contributed by atoms with Gasteiger partial charge in [-0.1, -0.05) is 5.16 Å². The molecule has 74 valence electrons. The molecule has 2 aromatic rings. The van der Waals surface area contributed by atoms with Gasteiger partial charge in [-0.3, -0.25) is 0 Å². The topological polar surface area (TPSA) is 64.1 Å². The van der Waals surface area contributed by atoms with Gasteiger partial charge in [0.2, 0.25) is 0 Å². The van der Waals surface area contributed by atoms with Crippen LogP contribution in [0.15, 0.2) is 21.1 Å². The van der Waals surface area contributed by atoms with Gasteiger partial charge in [0, 0.05) is 0 Å². The number of anilines is 1. The Balaban J connectivity index is 1.94. The highest BCUT2D eigenvalue weighted by Crippen LogP contribution is 2.14. The molecule has 0 saturated heterocycles. The molecule has 0 fully saturated rings. The van der Waals surface area contributed by atoms with Gasteiger partial charge in [-0.15, -0.1) is 0 Å². The summed E-state index contributed by atoms with van der Waals surface area (Å²) in [5, 5.41) is 6.90. The van der Waals surface area contributed by atoms with E-state index < -0.39 is 0 Å². The molecular weight excluding hydrogens is 206 g/mol. The zero-order chi connectivity index (χ0) is 9.97. The van der Waals surface area contributed by atoms with Crippen LogP contribution in [-0.4, -0.2) is 10.1 Å². The lowest BCUT2D eigenvalue weighted by atomic mass is 10.4. The highest BCUT2D eigenvalue weighted by molar-refractivity contribution is 6.28. The normalized spacial score (nSPS) is 10.4. The molecule has 6 heteroatoms. The van der Waals surface area contributed by atoms with Gasteiger partial charge < -0.3 is 14.3 Å². The van der Waals surface area contributed by atoms with Crippen LogP contribution in [0.2, 0.25) is 5.22 Å². The van der Waals surface area contributed by atoms with Gasteiger partial charge in [0.15, 0.2) is 11.0 Å². The lowest BCUT2D eigenvalue weighted by Gasteiger charge is -1.95. The largest absolute Gasteiger partial charge is 0.448 e. The van der Waals surface area contributed by atoms with Crippen LogP contribution >= 0.6 is 11.6 Å². The molecule has 0 unspecified atom stereocenters. The maximum absolute atomic E-state index is 5.60. The van der Waals surface area contributed by atoms with Gasteiger partial charge in [0.05, 0.1) is 6.54 Å². The Labute approximate surface area is 85.1 Å². The van der Waals surface area contributed by atoms with E-state index in [0.717, 1.165) is 0 Å². The zero-order valence-corrected chi connectivity index (χ0v) is 8.21. The van der Waals surface area contributed by atoms with Gasteiger partial charge in [-0.2, -0.15) is 4.98 Å². The molecule has 0 amide bonds. The third-order valence-electron chi connectivity index (χ3n) is 1.57. The Hall–Kier alpha value is -1.49. The quantitative estimate of drug-likeness (QED) is 0.847. The fourth-order valence-corrected chi connectivity index (χ4v) is 1.14. The average Bonchev–Trinajstić information content (AvgIpc) is 2.72. The van der Waals surface area contributed by atoms with Crippen LogP contribution in [0, 0.1) is 6.92 Å². The summed E-state index contributed by atoms with van der Waals surface area (Å²) in [6, 6.07) is 3.82. The minimum atomic E-state index is 0.364. The number of halogens is 1. The summed E-state index contributed by atoms with van der Waals surface area (Å²) in [5.41, 5.74) is 0. The van der Waals surface area contributed by atoms with E-state index in [9.17, 15) is 0 Å². The van der Waals surface area contributed by atoms with Crippen LogP contribution in [0.3, 0.4) is 0 Å². The highest BCUT2D eigenvalue weighted by Gasteiger charge is 2.03. The third-order valence-corrected chi connectivity index (χ3v) is 1.77. The Morgan fingerprint density at radius 3 is 2.93 bits per heavy atom. The first-order valence-corrected chi connectivity index (χ1v) is 4.40. The number of aryl methyl sites for hydroxylation is 1. The molecule has 0 bridgehead atoms. The molecule has 0 atom stereocenters. The van der Waals surface area contributed by atoms with Crippen molar-refractivity contribution in [3.05, 3.63) is 28.9 Å². The molecule has 0 aromatic carbocycles. The summed E-state index contributed by atoms with van der Waals surface area (Å²) in [7, 11) is 0. The summed E-state index contributed by atoms with van der Waals surface area (Å²) in [6.07, 6.45) is 0. The molecule has 0 spiro atoms. The second-order valence-corrected chi connectivity index (χ2v) is 3.08. The molecule has 2 rings (SSSR count). The molecular formula is C8H8ClN3O2. The highest BCUT2D eigenvalue weighted by atomic mass is 35.5. The molecule has 1 N–H and O–H groups in total. The van der Waals surface area contributed by atoms with E-state index in [4.69, 9.17) is 20.5 Å². The van der Waals surface area contributed by atoms with Crippen LogP contribution in [-0.2, 0) is 6.54 Å². The van der Waals surface area contributed by atoms with Crippen LogP contribution in [0.1, 0.15) is 11.6 Å². The maximum atomic E-state index is 5.60. The smallest absolute Gasteiger partial charge is 0.321 e.